The molecular weight excluding hydrogens is 208 g/mol. The second-order valence-corrected chi connectivity index (χ2v) is 4.95. The first kappa shape index (κ1) is 14.0. The summed E-state index contributed by atoms with van der Waals surface area (Å²) in [5.74, 6) is 0.958. The lowest BCUT2D eigenvalue weighted by Gasteiger charge is -2.15. The van der Waals surface area contributed by atoms with Crippen LogP contribution in [-0.2, 0) is 4.79 Å². The number of allylic oxidation sites excluding steroid dienone is 5. The topological polar surface area (TPSA) is 17.1 Å². The maximum atomic E-state index is 12.2. The quantitative estimate of drug-likeness (QED) is 0.618. The molecule has 0 aromatic heterocycles. The fourth-order valence-corrected chi connectivity index (χ4v) is 2.54. The number of hydrogen-bond donors (Lipinski definition) is 0. The molecule has 1 heteroatoms. The normalized spacial score (nSPS) is 19.8. The minimum absolute atomic E-state index is 0.152. The van der Waals surface area contributed by atoms with Crippen LogP contribution in [0.15, 0.2) is 36.5 Å². The highest BCUT2D eigenvalue weighted by atomic mass is 16.1. The van der Waals surface area contributed by atoms with Gasteiger partial charge in [-0.2, -0.15) is 0 Å². The predicted octanol–water partition coefficient (Wildman–Crippen LogP) is 4.46. The molecule has 1 saturated carbocycles. The molecule has 0 radical (unpaired) electrons. The van der Waals surface area contributed by atoms with Crippen LogP contribution < -0.4 is 0 Å². The largest absolute Gasteiger partial charge is 0.299 e. The van der Waals surface area contributed by atoms with Crippen molar-refractivity contribution in [3.63, 3.8) is 0 Å². The van der Waals surface area contributed by atoms with Crippen LogP contribution in [0.1, 0.15) is 46.0 Å². The first-order chi connectivity index (χ1) is 8.19. The van der Waals surface area contributed by atoms with Crippen LogP contribution in [0.2, 0.25) is 0 Å². The summed E-state index contributed by atoms with van der Waals surface area (Å²) in [7, 11) is 0. The molecule has 1 unspecified atom stereocenters. The third-order valence-electron chi connectivity index (χ3n) is 3.60. The Morgan fingerprint density at radius 2 is 2.06 bits per heavy atom. The third kappa shape index (κ3) is 4.33. The van der Waals surface area contributed by atoms with Crippen LogP contribution >= 0.6 is 0 Å². The van der Waals surface area contributed by atoms with E-state index in [1.165, 1.54) is 18.4 Å². The van der Waals surface area contributed by atoms with E-state index in [1.54, 1.807) is 6.08 Å². The van der Waals surface area contributed by atoms with Crippen LogP contribution in [0.25, 0.3) is 0 Å². The van der Waals surface area contributed by atoms with Crippen molar-refractivity contribution in [1.29, 1.82) is 0 Å². The number of carbonyl (C=O) groups is 1. The van der Waals surface area contributed by atoms with Crippen LogP contribution in [0.5, 0.6) is 0 Å². The molecular formula is C16H24O. The molecule has 1 atom stereocenters. The molecule has 0 amide bonds. The summed E-state index contributed by atoms with van der Waals surface area (Å²) >= 11 is 0. The van der Waals surface area contributed by atoms with Gasteiger partial charge in [0.25, 0.3) is 0 Å². The number of ketones is 1. The summed E-state index contributed by atoms with van der Waals surface area (Å²) in [4.78, 5) is 12.2. The summed E-state index contributed by atoms with van der Waals surface area (Å²) in [6.45, 7) is 7.75. The van der Waals surface area contributed by atoms with E-state index in [0.29, 0.717) is 11.7 Å². The van der Waals surface area contributed by atoms with Gasteiger partial charge in [0.2, 0.25) is 0 Å². The lowest BCUT2D eigenvalue weighted by Crippen LogP contribution is -2.19. The van der Waals surface area contributed by atoms with E-state index in [1.807, 2.05) is 19.1 Å². The molecule has 0 aromatic carbocycles. The van der Waals surface area contributed by atoms with Crippen LogP contribution in [0.4, 0.5) is 0 Å². The van der Waals surface area contributed by atoms with Crippen LogP contribution in [-0.4, -0.2) is 5.78 Å². The number of hydrogen-bond acceptors (Lipinski definition) is 1. The van der Waals surface area contributed by atoms with Crippen molar-refractivity contribution in [2.45, 2.75) is 46.0 Å². The molecule has 94 valence electrons. The van der Waals surface area contributed by atoms with Gasteiger partial charge in [-0.1, -0.05) is 56.2 Å². The zero-order valence-corrected chi connectivity index (χ0v) is 11.1. The molecule has 0 spiro atoms. The minimum Gasteiger partial charge on any atom is -0.299 e. The van der Waals surface area contributed by atoms with Gasteiger partial charge in [-0.25, -0.2) is 0 Å². The average Bonchev–Trinajstić information content (AvgIpc) is 2.86. The Labute approximate surface area is 105 Å². The predicted molar refractivity (Wildman–Crippen MR) is 73.8 cm³/mol. The molecule has 1 fully saturated rings. The van der Waals surface area contributed by atoms with Gasteiger partial charge in [0, 0.05) is 11.8 Å². The first-order valence-electron chi connectivity index (χ1n) is 6.67. The monoisotopic (exact) mass is 232 g/mol. The van der Waals surface area contributed by atoms with Crippen LogP contribution in [0.3, 0.4) is 0 Å². The van der Waals surface area contributed by atoms with E-state index >= 15 is 0 Å². The van der Waals surface area contributed by atoms with Crippen molar-refractivity contribution in [2.75, 3.05) is 0 Å². The van der Waals surface area contributed by atoms with Gasteiger partial charge in [-0.15, -0.1) is 0 Å². The van der Waals surface area contributed by atoms with Crippen molar-refractivity contribution >= 4 is 5.78 Å². The van der Waals surface area contributed by atoms with Gasteiger partial charge >= 0.3 is 0 Å². The van der Waals surface area contributed by atoms with E-state index in [0.717, 1.165) is 19.3 Å². The van der Waals surface area contributed by atoms with Crippen molar-refractivity contribution in [3.8, 4) is 0 Å². The summed E-state index contributed by atoms with van der Waals surface area (Å²) in [6.07, 6.45) is 13.4. The highest BCUT2D eigenvalue weighted by molar-refractivity contribution is 5.83. The molecule has 0 aliphatic heterocycles. The van der Waals surface area contributed by atoms with E-state index in [9.17, 15) is 4.79 Å². The Kier molecular flexibility index (Phi) is 5.96. The van der Waals surface area contributed by atoms with Crippen molar-refractivity contribution < 1.29 is 4.79 Å². The Morgan fingerprint density at radius 1 is 1.41 bits per heavy atom. The second-order valence-electron chi connectivity index (χ2n) is 4.95. The van der Waals surface area contributed by atoms with E-state index in [-0.39, 0.29) is 5.92 Å². The molecule has 1 aliphatic carbocycles. The third-order valence-corrected chi connectivity index (χ3v) is 3.60. The summed E-state index contributed by atoms with van der Waals surface area (Å²) in [5.41, 5.74) is 1.23. The smallest absolute Gasteiger partial charge is 0.139 e. The summed E-state index contributed by atoms with van der Waals surface area (Å²) < 4.78 is 0. The first-order valence-corrected chi connectivity index (χ1v) is 6.67. The van der Waals surface area contributed by atoms with E-state index in [4.69, 9.17) is 0 Å². The fourth-order valence-electron chi connectivity index (χ4n) is 2.54. The maximum Gasteiger partial charge on any atom is 0.139 e. The highest BCUT2D eigenvalue weighted by Crippen LogP contribution is 2.29. The fraction of sp³-hybridized carbons (Fsp3) is 0.562. The van der Waals surface area contributed by atoms with Gasteiger partial charge in [0.1, 0.15) is 5.78 Å². The lowest BCUT2D eigenvalue weighted by atomic mass is 9.88. The molecule has 17 heavy (non-hydrogen) atoms. The van der Waals surface area contributed by atoms with Gasteiger partial charge in [0.15, 0.2) is 0 Å². The van der Waals surface area contributed by atoms with Crippen LogP contribution in [0, 0.1) is 11.8 Å². The van der Waals surface area contributed by atoms with Crippen molar-refractivity contribution in [2.24, 2.45) is 11.8 Å². The SMILES string of the molecule is C=C/C=C\C(=C/C)CC(C)C(=O)C1CCCC1. The Bertz CT molecular complexity index is 316. The molecule has 1 aliphatic rings. The lowest BCUT2D eigenvalue weighted by molar-refractivity contribution is -0.126. The number of rotatable bonds is 6. The average molecular weight is 232 g/mol. The molecule has 0 heterocycles. The molecule has 1 rings (SSSR count). The zero-order chi connectivity index (χ0) is 12.7. The molecule has 1 nitrogen and oxygen atoms in total. The number of carbonyl (C=O) groups excluding carboxylic acids is 1. The van der Waals surface area contributed by atoms with E-state index < -0.39 is 0 Å². The Hall–Kier alpha value is -1.11. The summed E-state index contributed by atoms with van der Waals surface area (Å²) in [5, 5.41) is 0. The molecule has 0 bridgehead atoms. The van der Waals surface area contributed by atoms with Gasteiger partial charge in [0.05, 0.1) is 0 Å². The van der Waals surface area contributed by atoms with E-state index in [2.05, 4.69) is 19.6 Å². The van der Waals surface area contributed by atoms with Crippen molar-refractivity contribution in [3.05, 3.63) is 36.5 Å². The molecule has 0 aromatic rings. The van der Waals surface area contributed by atoms with Gasteiger partial charge < -0.3 is 0 Å². The minimum atomic E-state index is 0.152. The highest BCUT2D eigenvalue weighted by Gasteiger charge is 2.26. The standard InChI is InChI=1S/C16H24O/c1-4-6-9-14(5-2)12-13(3)16(17)15-10-7-8-11-15/h4-6,9,13,15H,1,7-8,10-12H2,2-3H3/b9-6-,14-5+. The molecule has 0 N–H and O–H groups in total. The molecule has 0 saturated heterocycles. The zero-order valence-electron chi connectivity index (χ0n) is 11.1. The van der Waals surface area contributed by atoms with Gasteiger partial charge in [-0.3, -0.25) is 4.79 Å². The Balaban J connectivity index is 2.51. The number of Topliss-reactive ketones (excluding diaryl/α,β-unsaturated/α-hetero) is 1. The van der Waals surface area contributed by atoms with Crippen molar-refractivity contribution in [1.82, 2.24) is 0 Å². The Morgan fingerprint density at radius 3 is 2.59 bits per heavy atom. The van der Waals surface area contributed by atoms with Gasteiger partial charge in [-0.05, 0) is 26.2 Å². The second kappa shape index (κ2) is 7.26. The summed E-state index contributed by atoms with van der Waals surface area (Å²) in [6, 6.07) is 0. The maximum absolute atomic E-state index is 12.2.